The quantitative estimate of drug-likeness (QED) is 0.682. The highest BCUT2D eigenvalue weighted by molar-refractivity contribution is 8.00. The molecular formula is C17H24N4O2S. The van der Waals surface area contributed by atoms with Crippen molar-refractivity contribution < 1.29 is 9.59 Å². The third-order valence-corrected chi connectivity index (χ3v) is 5.25. The number of carbonyl (C=O) groups excluding carboxylic acids is 2. The number of H-pyrrole nitrogens is 1. The predicted molar refractivity (Wildman–Crippen MR) is 97.5 cm³/mol. The van der Waals surface area contributed by atoms with Gasteiger partial charge in [-0.15, -0.1) is 11.8 Å². The second kappa shape index (κ2) is 8.19. The first-order chi connectivity index (χ1) is 11.4. The molecule has 0 spiro atoms. The molecule has 2 rings (SSSR count). The molecule has 2 aromatic rings. The molecule has 0 saturated heterocycles. The van der Waals surface area contributed by atoms with Gasteiger partial charge < -0.3 is 16.0 Å². The molecule has 7 heteroatoms. The van der Waals surface area contributed by atoms with Crippen LogP contribution in [0.3, 0.4) is 0 Å². The van der Waals surface area contributed by atoms with Gasteiger partial charge in [-0.25, -0.2) is 4.98 Å². The number of nitrogens with two attached hydrogens (primary N) is 1. The Balaban J connectivity index is 1.91. The average molecular weight is 348 g/mol. The largest absolute Gasteiger partial charge is 0.368 e. The summed E-state index contributed by atoms with van der Waals surface area (Å²) in [5.41, 5.74) is 7.27. The third kappa shape index (κ3) is 4.50. The molecule has 24 heavy (non-hydrogen) atoms. The number of amides is 2. The highest BCUT2D eigenvalue weighted by atomic mass is 32.2. The lowest BCUT2D eigenvalue weighted by molar-refractivity contribution is -0.127. The van der Waals surface area contributed by atoms with E-state index in [1.807, 2.05) is 45.0 Å². The molecular weight excluding hydrogens is 324 g/mol. The number of fused-ring (bicyclic) bond motifs is 1. The van der Waals surface area contributed by atoms with Gasteiger partial charge in [0.25, 0.3) is 0 Å². The summed E-state index contributed by atoms with van der Waals surface area (Å²) in [6, 6.07) is 7.19. The monoisotopic (exact) mass is 348 g/mol. The van der Waals surface area contributed by atoms with Gasteiger partial charge in [0.2, 0.25) is 11.8 Å². The lowest BCUT2D eigenvalue weighted by Crippen LogP contribution is -2.48. The molecule has 1 aromatic heterocycles. The number of carbonyl (C=O) groups is 2. The molecule has 0 aliphatic carbocycles. The summed E-state index contributed by atoms with van der Waals surface area (Å²) in [7, 11) is 0. The fourth-order valence-electron chi connectivity index (χ4n) is 2.39. The molecule has 3 unspecified atom stereocenters. The van der Waals surface area contributed by atoms with Gasteiger partial charge in [0.15, 0.2) is 0 Å². The zero-order valence-electron chi connectivity index (χ0n) is 14.2. The second-order valence-electron chi connectivity index (χ2n) is 5.93. The van der Waals surface area contributed by atoms with Crippen molar-refractivity contribution in [3.63, 3.8) is 0 Å². The van der Waals surface area contributed by atoms with Crippen LogP contribution in [0.4, 0.5) is 0 Å². The van der Waals surface area contributed by atoms with Crippen LogP contribution in [0.15, 0.2) is 24.3 Å². The number of nitrogens with one attached hydrogen (secondary N) is 2. The summed E-state index contributed by atoms with van der Waals surface area (Å²) in [6.07, 6.45) is 0.774. The fourth-order valence-corrected chi connectivity index (χ4v) is 3.14. The van der Waals surface area contributed by atoms with Crippen LogP contribution in [-0.4, -0.2) is 33.6 Å². The van der Waals surface area contributed by atoms with Gasteiger partial charge in [0.05, 0.1) is 22.0 Å². The van der Waals surface area contributed by atoms with Crippen LogP contribution in [0.1, 0.15) is 38.3 Å². The topological polar surface area (TPSA) is 101 Å². The Hall–Kier alpha value is -2.02. The first kappa shape index (κ1) is 18.3. The molecule has 1 aromatic carbocycles. The second-order valence-corrected chi connectivity index (χ2v) is 7.25. The van der Waals surface area contributed by atoms with Crippen molar-refractivity contribution in [2.24, 2.45) is 11.7 Å². The summed E-state index contributed by atoms with van der Waals surface area (Å²) in [5.74, 6) is 0.421. The summed E-state index contributed by atoms with van der Waals surface area (Å²) in [6.45, 7) is 5.86. The number of benzene rings is 1. The molecule has 6 nitrogen and oxygen atoms in total. The smallest absolute Gasteiger partial charge is 0.240 e. The minimum absolute atomic E-state index is 0.0178. The van der Waals surface area contributed by atoms with Crippen molar-refractivity contribution >= 4 is 34.6 Å². The molecule has 0 aliphatic heterocycles. The van der Waals surface area contributed by atoms with Crippen LogP contribution in [0.5, 0.6) is 0 Å². The Morgan fingerprint density at radius 2 is 2.04 bits per heavy atom. The first-order valence-electron chi connectivity index (χ1n) is 8.07. The van der Waals surface area contributed by atoms with E-state index < -0.39 is 11.9 Å². The number of hydrogen-bond acceptors (Lipinski definition) is 4. The Morgan fingerprint density at radius 1 is 1.33 bits per heavy atom. The molecule has 0 aliphatic rings. The van der Waals surface area contributed by atoms with Gasteiger partial charge in [-0.3, -0.25) is 9.59 Å². The fraction of sp³-hybridized carbons (Fsp3) is 0.471. The highest BCUT2D eigenvalue weighted by Gasteiger charge is 2.24. The zero-order chi connectivity index (χ0) is 17.7. The Morgan fingerprint density at radius 3 is 2.67 bits per heavy atom. The van der Waals surface area contributed by atoms with Crippen molar-refractivity contribution in [2.75, 3.05) is 5.75 Å². The van der Waals surface area contributed by atoms with Crippen molar-refractivity contribution in [3.8, 4) is 0 Å². The van der Waals surface area contributed by atoms with E-state index >= 15 is 0 Å². The lowest BCUT2D eigenvalue weighted by atomic mass is 9.99. The summed E-state index contributed by atoms with van der Waals surface area (Å²) in [5, 5.41) is 2.78. The number of nitrogens with zero attached hydrogens (tertiary/aromatic N) is 1. The molecule has 0 radical (unpaired) electrons. The molecule has 2 amide bonds. The Bertz CT molecular complexity index is 682. The number of rotatable bonds is 8. The first-order valence-corrected chi connectivity index (χ1v) is 9.12. The van der Waals surface area contributed by atoms with Gasteiger partial charge in [-0.1, -0.05) is 32.4 Å². The number of aromatic amines is 1. The summed E-state index contributed by atoms with van der Waals surface area (Å²) < 4.78 is 0. The minimum Gasteiger partial charge on any atom is -0.368 e. The molecule has 3 atom stereocenters. The summed E-state index contributed by atoms with van der Waals surface area (Å²) >= 11 is 1.47. The Kier molecular flexibility index (Phi) is 6.25. The highest BCUT2D eigenvalue weighted by Crippen LogP contribution is 2.27. The number of aromatic nitrogens is 2. The lowest BCUT2D eigenvalue weighted by Gasteiger charge is -2.21. The van der Waals surface area contributed by atoms with E-state index in [0.29, 0.717) is 0 Å². The molecule has 4 N–H and O–H groups in total. The van der Waals surface area contributed by atoms with Crippen LogP contribution in [0.25, 0.3) is 11.0 Å². The predicted octanol–water partition coefficient (Wildman–Crippen LogP) is 2.37. The van der Waals surface area contributed by atoms with Crippen molar-refractivity contribution in [1.29, 1.82) is 0 Å². The SMILES string of the molecule is CCC(C)C(NC(=O)CSC(C)c1nc2ccccc2[nH]1)C(N)=O. The van der Waals surface area contributed by atoms with E-state index in [2.05, 4.69) is 15.3 Å². The number of primary amides is 1. The Labute approximate surface area is 146 Å². The average Bonchev–Trinajstić information content (AvgIpc) is 3.00. The maximum atomic E-state index is 12.1. The van der Waals surface area contributed by atoms with Crippen LogP contribution >= 0.6 is 11.8 Å². The van der Waals surface area contributed by atoms with Gasteiger partial charge in [0.1, 0.15) is 11.9 Å². The van der Waals surface area contributed by atoms with Crippen molar-refractivity contribution in [2.45, 2.75) is 38.5 Å². The van der Waals surface area contributed by atoms with Crippen molar-refractivity contribution in [3.05, 3.63) is 30.1 Å². The summed E-state index contributed by atoms with van der Waals surface area (Å²) in [4.78, 5) is 31.4. The molecule has 0 bridgehead atoms. The third-order valence-electron chi connectivity index (χ3n) is 4.09. The van der Waals surface area contributed by atoms with E-state index in [1.54, 1.807) is 0 Å². The van der Waals surface area contributed by atoms with E-state index in [-0.39, 0.29) is 22.8 Å². The van der Waals surface area contributed by atoms with Crippen LogP contribution in [0, 0.1) is 5.92 Å². The number of imidazole rings is 1. The number of para-hydroxylation sites is 2. The van der Waals surface area contributed by atoms with E-state index in [1.165, 1.54) is 11.8 Å². The maximum absolute atomic E-state index is 12.1. The van der Waals surface area contributed by atoms with E-state index in [0.717, 1.165) is 23.3 Å². The number of hydrogen-bond donors (Lipinski definition) is 3. The standard InChI is InChI=1S/C17H24N4O2S/c1-4-10(2)15(16(18)23)21-14(22)9-24-11(3)17-19-12-7-5-6-8-13(12)20-17/h5-8,10-11,15H,4,9H2,1-3H3,(H2,18,23)(H,19,20)(H,21,22). The minimum atomic E-state index is -0.621. The van der Waals surface area contributed by atoms with Crippen LogP contribution < -0.4 is 11.1 Å². The zero-order valence-corrected chi connectivity index (χ0v) is 15.0. The maximum Gasteiger partial charge on any atom is 0.240 e. The van der Waals surface area contributed by atoms with Gasteiger partial charge in [-0.2, -0.15) is 0 Å². The number of thioether (sulfide) groups is 1. The molecule has 1 heterocycles. The molecule has 0 saturated carbocycles. The van der Waals surface area contributed by atoms with Gasteiger partial charge >= 0.3 is 0 Å². The van der Waals surface area contributed by atoms with Crippen LogP contribution in [-0.2, 0) is 9.59 Å². The van der Waals surface area contributed by atoms with Gasteiger partial charge in [-0.05, 0) is 25.0 Å². The van der Waals surface area contributed by atoms with Gasteiger partial charge in [0, 0.05) is 0 Å². The van der Waals surface area contributed by atoms with Crippen LogP contribution in [0.2, 0.25) is 0 Å². The normalized spacial score (nSPS) is 15.0. The van der Waals surface area contributed by atoms with E-state index in [9.17, 15) is 9.59 Å². The molecule has 0 fully saturated rings. The van der Waals surface area contributed by atoms with Crippen molar-refractivity contribution in [1.82, 2.24) is 15.3 Å². The molecule has 130 valence electrons. The van der Waals surface area contributed by atoms with E-state index in [4.69, 9.17) is 5.73 Å².